The van der Waals surface area contributed by atoms with E-state index in [0.717, 1.165) is 17.8 Å². The molecule has 0 N–H and O–H groups in total. The number of hydrogen-bond acceptors (Lipinski definition) is 4. The van der Waals surface area contributed by atoms with Gasteiger partial charge in [-0.2, -0.15) is 5.10 Å². The Kier molecular flexibility index (Phi) is 5.38. The molecule has 0 aliphatic rings. The minimum Gasteiger partial charge on any atom is -0.340 e. The zero-order chi connectivity index (χ0) is 17.9. The lowest BCUT2D eigenvalue weighted by Crippen LogP contribution is -2.32. The molecule has 0 unspecified atom stereocenters. The van der Waals surface area contributed by atoms with E-state index in [1.54, 1.807) is 30.6 Å². The minimum atomic E-state index is -0.170. The Hall–Kier alpha value is -2.64. The zero-order valence-electron chi connectivity index (χ0n) is 14.9. The summed E-state index contributed by atoms with van der Waals surface area (Å²) in [5.41, 5.74) is 2.52. The van der Waals surface area contributed by atoms with Crippen molar-refractivity contribution in [1.29, 1.82) is 0 Å². The van der Waals surface area contributed by atoms with Crippen LogP contribution in [0.4, 0.5) is 5.82 Å². The number of aromatic nitrogens is 4. The molecule has 2 heterocycles. The summed E-state index contributed by atoms with van der Waals surface area (Å²) in [4.78, 5) is 30.8. The highest BCUT2D eigenvalue weighted by atomic mass is 16.2. The second kappa shape index (κ2) is 7.29. The van der Waals surface area contributed by atoms with Crippen LogP contribution in [0, 0.1) is 0 Å². The number of rotatable bonds is 7. The predicted octanol–water partition coefficient (Wildman–Crippen LogP) is 0.623. The quantitative estimate of drug-likeness (QED) is 0.697. The second-order valence-electron chi connectivity index (χ2n) is 5.82. The van der Waals surface area contributed by atoms with Gasteiger partial charge in [-0.3, -0.25) is 14.3 Å². The number of imidazole rings is 1. The first-order valence-corrected chi connectivity index (χ1v) is 7.85. The van der Waals surface area contributed by atoms with Gasteiger partial charge in [-0.15, -0.1) is 0 Å². The van der Waals surface area contributed by atoms with Gasteiger partial charge >= 0.3 is 0 Å². The van der Waals surface area contributed by atoms with Crippen LogP contribution in [0.2, 0.25) is 0 Å². The first-order chi connectivity index (χ1) is 11.4. The summed E-state index contributed by atoms with van der Waals surface area (Å²) < 4.78 is 3.49. The number of likely N-dealkylation sites (N-methyl/N-ethyl adjacent to an activating group) is 1. The Morgan fingerprint density at radius 2 is 2.04 bits per heavy atom. The lowest BCUT2D eigenvalue weighted by Gasteiger charge is -2.19. The molecule has 0 atom stereocenters. The Bertz CT molecular complexity index is 733. The maximum absolute atomic E-state index is 12.7. The molecule has 2 rings (SSSR count). The zero-order valence-corrected chi connectivity index (χ0v) is 14.9. The average Bonchev–Trinajstić information content (AvgIpc) is 3.13. The van der Waals surface area contributed by atoms with E-state index < -0.39 is 0 Å². The highest BCUT2D eigenvalue weighted by Gasteiger charge is 2.23. The number of carbonyl (C=O) groups is 2. The fraction of sp³-hybridized carbons (Fsp3) is 0.500. The highest BCUT2D eigenvalue weighted by molar-refractivity contribution is 5.99. The molecule has 0 aromatic carbocycles. The minimum absolute atomic E-state index is 0.170. The van der Waals surface area contributed by atoms with E-state index in [1.165, 1.54) is 11.2 Å². The van der Waals surface area contributed by atoms with E-state index in [0.29, 0.717) is 30.9 Å². The van der Waals surface area contributed by atoms with Crippen LogP contribution in [0.3, 0.4) is 0 Å². The maximum atomic E-state index is 12.7. The molecule has 0 aliphatic carbocycles. The number of hydrogen-bond donors (Lipinski definition) is 0. The van der Waals surface area contributed by atoms with Crippen molar-refractivity contribution in [3.63, 3.8) is 0 Å². The number of carbonyl (C=O) groups excluding carboxylic acids is 2. The lowest BCUT2D eigenvalue weighted by atomic mass is 10.2. The van der Waals surface area contributed by atoms with Gasteiger partial charge in [0.1, 0.15) is 0 Å². The Balaban J connectivity index is 2.11. The molecule has 2 amide bonds. The van der Waals surface area contributed by atoms with Crippen LogP contribution in [0.1, 0.15) is 28.8 Å². The van der Waals surface area contributed by atoms with Crippen LogP contribution >= 0.6 is 0 Å². The summed E-state index contributed by atoms with van der Waals surface area (Å²) in [5.74, 6) is 0.190. The van der Waals surface area contributed by atoms with Gasteiger partial charge in [-0.1, -0.05) is 6.92 Å². The summed E-state index contributed by atoms with van der Waals surface area (Å²) >= 11 is 0. The predicted molar refractivity (Wildman–Crippen MR) is 90.9 cm³/mol. The molecule has 0 bridgehead atoms. The van der Waals surface area contributed by atoms with Crippen molar-refractivity contribution >= 4 is 18.1 Å². The number of nitrogens with zero attached hydrogens (tertiary/aromatic N) is 6. The van der Waals surface area contributed by atoms with E-state index in [4.69, 9.17) is 0 Å². The van der Waals surface area contributed by atoms with Crippen LogP contribution < -0.4 is 4.90 Å². The first-order valence-electron chi connectivity index (χ1n) is 7.85. The number of anilines is 1. The molecule has 8 nitrogen and oxygen atoms in total. The summed E-state index contributed by atoms with van der Waals surface area (Å²) in [7, 11) is 6.98. The number of amides is 2. The van der Waals surface area contributed by atoms with Crippen molar-refractivity contribution in [3.05, 3.63) is 29.5 Å². The first kappa shape index (κ1) is 17.7. The van der Waals surface area contributed by atoms with Gasteiger partial charge in [0, 0.05) is 46.9 Å². The summed E-state index contributed by atoms with van der Waals surface area (Å²) in [6.45, 7) is 2.62. The summed E-state index contributed by atoms with van der Waals surface area (Å²) in [6.07, 6.45) is 3.77. The molecule has 0 saturated heterocycles. The van der Waals surface area contributed by atoms with Gasteiger partial charge in [0.15, 0.2) is 11.5 Å². The third kappa shape index (κ3) is 3.47. The molecular weight excluding hydrogens is 308 g/mol. The fourth-order valence-electron chi connectivity index (χ4n) is 2.52. The molecule has 130 valence electrons. The second-order valence-corrected chi connectivity index (χ2v) is 5.82. The third-order valence-electron chi connectivity index (χ3n) is 4.05. The Morgan fingerprint density at radius 1 is 1.33 bits per heavy atom. The molecule has 2 aromatic rings. The van der Waals surface area contributed by atoms with Crippen LogP contribution in [-0.4, -0.2) is 57.2 Å². The van der Waals surface area contributed by atoms with Gasteiger partial charge in [0.25, 0.3) is 5.91 Å². The molecule has 0 spiro atoms. The van der Waals surface area contributed by atoms with Crippen LogP contribution in [-0.2, 0) is 31.7 Å². The molecule has 0 fully saturated rings. The van der Waals surface area contributed by atoms with Crippen LogP contribution in [0.15, 0.2) is 12.4 Å². The smallest absolute Gasteiger partial charge is 0.274 e. The van der Waals surface area contributed by atoms with E-state index in [2.05, 4.69) is 23.1 Å². The van der Waals surface area contributed by atoms with Gasteiger partial charge in [-0.05, 0) is 12.5 Å². The van der Waals surface area contributed by atoms with E-state index in [9.17, 15) is 9.59 Å². The largest absolute Gasteiger partial charge is 0.340 e. The van der Waals surface area contributed by atoms with E-state index in [1.807, 2.05) is 11.7 Å². The van der Waals surface area contributed by atoms with Gasteiger partial charge in [0.2, 0.25) is 6.41 Å². The van der Waals surface area contributed by atoms with Crippen molar-refractivity contribution < 1.29 is 9.59 Å². The van der Waals surface area contributed by atoms with Crippen molar-refractivity contribution in [2.45, 2.75) is 19.8 Å². The molecule has 2 aromatic heterocycles. The lowest BCUT2D eigenvalue weighted by molar-refractivity contribution is -0.107. The van der Waals surface area contributed by atoms with Crippen molar-refractivity contribution in [2.24, 2.45) is 14.1 Å². The molecule has 0 radical (unpaired) electrons. The molecule has 24 heavy (non-hydrogen) atoms. The van der Waals surface area contributed by atoms with Crippen LogP contribution in [0.25, 0.3) is 0 Å². The van der Waals surface area contributed by atoms with Gasteiger partial charge in [0.05, 0.1) is 12.0 Å². The highest BCUT2D eigenvalue weighted by Crippen LogP contribution is 2.17. The summed E-state index contributed by atoms with van der Waals surface area (Å²) in [6, 6.07) is 2.06. The maximum Gasteiger partial charge on any atom is 0.274 e. The monoisotopic (exact) mass is 332 g/mol. The molecular formula is C16H24N6O2. The van der Waals surface area contributed by atoms with Crippen molar-refractivity contribution in [2.75, 3.05) is 25.5 Å². The SMILES string of the molecule is CCc1cc(CCN(C)C(=O)c2c(N(C)C=O)ncn2C)n(C)n1. The normalized spacial score (nSPS) is 10.7. The molecule has 8 heteroatoms. The van der Waals surface area contributed by atoms with E-state index >= 15 is 0 Å². The van der Waals surface area contributed by atoms with Gasteiger partial charge in [-0.25, -0.2) is 4.98 Å². The Labute approximate surface area is 141 Å². The number of aryl methyl sites for hydroxylation is 3. The summed E-state index contributed by atoms with van der Waals surface area (Å²) in [5, 5.41) is 4.42. The molecule has 0 saturated carbocycles. The average molecular weight is 332 g/mol. The van der Waals surface area contributed by atoms with Crippen molar-refractivity contribution in [1.82, 2.24) is 24.2 Å². The standard InChI is InChI=1S/C16H24N6O2/c1-6-12-9-13(22(5)18-12)7-8-19(2)16(24)14-15(21(4)11-23)17-10-20(14)3/h9-11H,6-8H2,1-5H3. The molecule has 0 aliphatic heterocycles. The third-order valence-corrected chi connectivity index (χ3v) is 4.05. The fourth-order valence-corrected chi connectivity index (χ4v) is 2.52. The van der Waals surface area contributed by atoms with Gasteiger partial charge < -0.3 is 14.4 Å². The van der Waals surface area contributed by atoms with Crippen LogP contribution in [0.5, 0.6) is 0 Å². The Morgan fingerprint density at radius 3 is 2.62 bits per heavy atom. The topological polar surface area (TPSA) is 76.3 Å². The van der Waals surface area contributed by atoms with E-state index in [-0.39, 0.29) is 5.91 Å². The van der Waals surface area contributed by atoms with Crippen molar-refractivity contribution in [3.8, 4) is 0 Å².